The summed E-state index contributed by atoms with van der Waals surface area (Å²) in [5.74, 6) is 0.695. The van der Waals surface area contributed by atoms with E-state index in [2.05, 4.69) is 12.0 Å². The Hall–Kier alpha value is -3.10. The summed E-state index contributed by atoms with van der Waals surface area (Å²) in [5.41, 5.74) is 2.18. The number of unbranched alkanes of at least 4 members (excludes halogenated alkanes) is 1. The molecule has 0 aliphatic carbocycles. The van der Waals surface area contributed by atoms with E-state index in [9.17, 15) is 9.59 Å². The Kier molecular flexibility index (Phi) is 6.92. The molecule has 2 aromatic heterocycles. The van der Waals surface area contributed by atoms with Crippen molar-refractivity contribution in [1.29, 1.82) is 0 Å². The van der Waals surface area contributed by atoms with Crippen molar-refractivity contribution in [2.24, 2.45) is 0 Å². The lowest BCUT2D eigenvalue weighted by Gasteiger charge is -2.24. The molecule has 35 heavy (non-hydrogen) atoms. The van der Waals surface area contributed by atoms with Gasteiger partial charge in [-0.2, -0.15) is 5.10 Å². The summed E-state index contributed by atoms with van der Waals surface area (Å²) < 4.78 is 3.31. The summed E-state index contributed by atoms with van der Waals surface area (Å²) in [7, 11) is 0. The summed E-state index contributed by atoms with van der Waals surface area (Å²) in [5, 5.41) is 6.03. The molecule has 0 radical (unpaired) electrons. The Labute approximate surface area is 212 Å². The summed E-state index contributed by atoms with van der Waals surface area (Å²) in [6.45, 7) is 3.40. The number of fused-ring (bicyclic) bond motifs is 2. The van der Waals surface area contributed by atoms with Crippen molar-refractivity contribution in [3.8, 4) is 5.69 Å². The van der Waals surface area contributed by atoms with Gasteiger partial charge >= 0.3 is 0 Å². The first-order valence-electron chi connectivity index (χ1n) is 11.8. The molecule has 0 bridgehead atoms. The van der Waals surface area contributed by atoms with Crippen molar-refractivity contribution in [3.05, 3.63) is 81.7 Å². The standard InChI is InChI=1S/C26H26ClN5O2S/c1-2-3-12-30(16-18-8-5-4-6-9-18)23(33)14-21-17-35-26-29-24-22(25(34)31(21)26)15-28-32(24)20-11-7-10-19(27)13-20/h4-11,13,15,21H,2-3,12,14,16-17H2,1H3. The molecule has 4 aromatic rings. The quantitative estimate of drug-likeness (QED) is 0.310. The molecular formula is C26H26ClN5O2S. The van der Waals surface area contributed by atoms with Crippen LogP contribution in [0.15, 0.2) is 70.7 Å². The second-order valence-corrected chi connectivity index (χ2v) is 10.1. The molecule has 1 unspecified atom stereocenters. The Bertz CT molecular complexity index is 1420. The number of amides is 1. The zero-order valence-electron chi connectivity index (χ0n) is 19.4. The molecule has 0 N–H and O–H groups in total. The van der Waals surface area contributed by atoms with Gasteiger partial charge in [0, 0.05) is 30.3 Å². The first kappa shape index (κ1) is 23.6. The highest BCUT2D eigenvalue weighted by Crippen LogP contribution is 2.34. The molecule has 1 aliphatic rings. The number of carbonyl (C=O) groups is 1. The van der Waals surface area contributed by atoms with Gasteiger partial charge in [0.1, 0.15) is 5.39 Å². The third-order valence-corrected chi connectivity index (χ3v) is 7.52. The van der Waals surface area contributed by atoms with Gasteiger partial charge in [-0.3, -0.25) is 14.2 Å². The van der Waals surface area contributed by atoms with Gasteiger partial charge in [0.2, 0.25) is 5.91 Å². The van der Waals surface area contributed by atoms with Crippen LogP contribution < -0.4 is 5.56 Å². The lowest BCUT2D eigenvalue weighted by molar-refractivity contribution is -0.132. The first-order chi connectivity index (χ1) is 17.0. The minimum absolute atomic E-state index is 0.0578. The number of benzene rings is 2. The largest absolute Gasteiger partial charge is 0.338 e. The Morgan fingerprint density at radius 2 is 2.03 bits per heavy atom. The van der Waals surface area contributed by atoms with E-state index in [-0.39, 0.29) is 23.9 Å². The van der Waals surface area contributed by atoms with Gasteiger partial charge in [0.05, 0.1) is 17.9 Å². The van der Waals surface area contributed by atoms with Crippen molar-refractivity contribution in [2.45, 2.75) is 43.9 Å². The summed E-state index contributed by atoms with van der Waals surface area (Å²) >= 11 is 7.65. The molecule has 2 aromatic carbocycles. The van der Waals surface area contributed by atoms with Crippen LogP contribution in [0.4, 0.5) is 0 Å². The molecule has 1 aliphatic heterocycles. The minimum Gasteiger partial charge on any atom is -0.338 e. The monoisotopic (exact) mass is 507 g/mol. The number of nitrogens with zero attached hydrogens (tertiary/aromatic N) is 5. The highest BCUT2D eigenvalue weighted by molar-refractivity contribution is 7.99. The molecule has 7 nitrogen and oxygen atoms in total. The summed E-state index contributed by atoms with van der Waals surface area (Å²) in [6, 6.07) is 17.1. The summed E-state index contributed by atoms with van der Waals surface area (Å²) in [4.78, 5) is 33.5. The van der Waals surface area contributed by atoms with Crippen LogP contribution in [0.25, 0.3) is 16.7 Å². The maximum Gasteiger partial charge on any atom is 0.265 e. The highest BCUT2D eigenvalue weighted by atomic mass is 35.5. The number of halogens is 1. The fraction of sp³-hybridized carbons (Fsp3) is 0.308. The van der Waals surface area contributed by atoms with Gasteiger partial charge in [-0.15, -0.1) is 0 Å². The minimum atomic E-state index is -0.235. The summed E-state index contributed by atoms with van der Waals surface area (Å²) in [6.07, 6.45) is 3.77. The van der Waals surface area contributed by atoms with Gasteiger partial charge in [0.15, 0.2) is 10.8 Å². The predicted molar refractivity (Wildman–Crippen MR) is 139 cm³/mol. The number of thioether (sulfide) groups is 1. The number of rotatable bonds is 8. The van der Waals surface area contributed by atoms with E-state index in [0.717, 1.165) is 24.1 Å². The first-order valence-corrected chi connectivity index (χ1v) is 13.1. The number of hydrogen-bond donors (Lipinski definition) is 0. The number of aromatic nitrogens is 4. The molecule has 0 fully saturated rings. The Balaban J connectivity index is 1.42. The van der Waals surface area contributed by atoms with Crippen molar-refractivity contribution in [3.63, 3.8) is 0 Å². The lowest BCUT2D eigenvalue weighted by atomic mass is 10.1. The van der Waals surface area contributed by atoms with E-state index in [1.54, 1.807) is 27.6 Å². The van der Waals surface area contributed by atoms with Crippen LogP contribution in [0.2, 0.25) is 5.02 Å². The number of hydrogen-bond acceptors (Lipinski definition) is 5. The van der Waals surface area contributed by atoms with Crippen molar-refractivity contribution in [1.82, 2.24) is 24.2 Å². The van der Waals surface area contributed by atoms with E-state index >= 15 is 0 Å². The molecule has 1 atom stereocenters. The van der Waals surface area contributed by atoms with E-state index < -0.39 is 0 Å². The molecule has 5 rings (SSSR count). The predicted octanol–water partition coefficient (Wildman–Crippen LogP) is 5.10. The van der Waals surface area contributed by atoms with Crippen LogP contribution in [-0.4, -0.2) is 42.4 Å². The second kappa shape index (κ2) is 10.3. The van der Waals surface area contributed by atoms with Crippen LogP contribution in [0, 0.1) is 0 Å². The Morgan fingerprint density at radius 1 is 1.20 bits per heavy atom. The van der Waals surface area contributed by atoms with Crippen LogP contribution >= 0.6 is 23.4 Å². The highest BCUT2D eigenvalue weighted by Gasteiger charge is 2.31. The van der Waals surface area contributed by atoms with Gasteiger partial charge in [0.25, 0.3) is 5.56 Å². The average molecular weight is 508 g/mol. The van der Waals surface area contributed by atoms with E-state index in [0.29, 0.717) is 40.1 Å². The van der Waals surface area contributed by atoms with Crippen LogP contribution in [0.1, 0.15) is 37.8 Å². The molecule has 0 spiro atoms. The van der Waals surface area contributed by atoms with Crippen molar-refractivity contribution >= 4 is 40.3 Å². The van der Waals surface area contributed by atoms with E-state index in [1.807, 2.05) is 47.4 Å². The van der Waals surface area contributed by atoms with E-state index in [1.165, 1.54) is 11.8 Å². The maximum absolute atomic E-state index is 13.5. The zero-order valence-corrected chi connectivity index (χ0v) is 21.0. The van der Waals surface area contributed by atoms with Crippen molar-refractivity contribution in [2.75, 3.05) is 12.3 Å². The van der Waals surface area contributed by atoms with Gasteiger partial charge in [-0.05, 0) is 30.2 Å². The maximum atomic E-state index is 13.5. The van der Waals surface area contributed by atoms with E-state index in [4.69, 9.17) is 16.6 Å². The lowest BCUT2D eigenvalue weighted by Crippen LogP contribution is -2.35. The average Bonchev–Trinajstić information content (AvgIpc) is 3.47. The van der Waals surface area contributed by atoms with Crippen molar-refractivity contribution < 1.29 is 4.79 Å². The van der Waals surface area contributed by atoms with Gasteiger partial charge < -0.3 is 4.90 Å². The molecule has 9 heteroatoms. The van der Waals surface area contributed by atoms with Gasteiger partial charge in [-0.25, -0.2) is 9.67 Å². The fourth-order valence-corrected chi connectivity index (χ4v) is 5.67. The second-order valence-electron chi connectivity index (χ2n) is 8.67. The third-order valence-electron chi connectivity index (χ3n) is 6.18. The smallest absolute Gasteiger partial charge is 0.265 e. The molecule has 3 heterocycles. The normalized spacial score (nSPS) is 14.9. The fourth-order valence-electron chi connectivity index (χ4n) is 4.35. The third kappa shape index (κ3) is 4.86. The topological polar surface area (TPSA) is 73.0 Å². The van der Waals surface area contributed by atoms with Gasteiger partial charge in [-0.1, -0.05) is 73.1 Å². The van der Waals surface area contributed by atoms with Crippen LogP contribution in [0.5, 0.6) is 0 Å². The zero-order chi connectivity index (χ0) is 24.4. The van der Waals surface area contributed by atoms with Crippen LogP contribution in [0.3, 0.4) is 0 Å². The van der Waals surface area contributed by atoms with Crippen LogP contribution in [-0.2, 0) is 11.3 Å². The molecular weight excluding hydrogens is 482 g/mol. The molecule has 0 saturated heterocycles. The molecule has 0 saturated carbocycles. The number of carbonyl (C=O) groups excluding carboxylic acids is 1. The molecule has 1 amide bonds. The Morgan fingerprint density at radius 3 is 2.80 bits per heavy atom. The molecule has 180 valence electrons. The SMILES string of the molecule is CCCCN(Cc1ccccc1)C(=O)CC1CSc2nc3c(cnn3-c3cccc(Cl)c3)c(=O)n21.